The van der Waals surface area contributed by atoms with Crippen molar-refractivity contribution in [2.45, 2.75) is 19.3 Å². The minimum Gasteiger partial charge on any atom is -0.466 e. The molecule has 0 spiro atoms. The number of unbranched alkanes of at least 4 members (excludes halogenated alkanes) is 2. The van der Waals surface area contributed by atoms with E-state index in [2.05, 4.69) is 11.3 Å². The Morgan fingerprint density at radius 1 is 1.12 bits per heavy atom. The zero-order chi connectivity index (χ0) is 12.9. The van der Waals surface area contributed by atoms with Gasteiger partial charge in [0.25, 0.3) is 0 Å². The molecular formula is C13H18O4. The van der Waals surface area contributed by atoms with Gasteiger partial charge in [0.15, 0.2) is 0 Å². The van der Waals surface area contributed by atoms with E-state index < -0.39 is 11.9 Å². The van der Waals surface area contributed by atoms with Crippen molar-refractivity contribution in [2.24, 2.45) is 0 Å². The lowest BCUT2D eigenvalue weighted by molar-refractivity contribution is -0.138. The smallest absolute Gasteiger partial charge is 0.331 e. The number of hydrogen-bond acceptors (Lipinski definition) is 4. The summed E-state index contributed by atoms with van der Waals surface area (Å²) >= 11 is 0. The van der Waals surface area contributed by atoms with Gasteiger partial charge in [-0.2, -0.15) is 0 Å². The number of rotatable bonds is 8. The van der Waals surface area contributed by atoms with Crippen LogP contribution in [0.3, 0.4) is 0 Å². The number of esters is 2. The van der Waals surface area contributed by atoms with E-state index >= 15 is 0 Å². The van der Waals surface area contributed by atoms with Crippen molar-refractivity contribution in [2.75, 3.05) is 13.7 Å². The molecule has 0 aliphatic carbocycles. The van der Waals surface area contributed by atoms with Gasteiger partial charge in [0.2, 0.25) is 0 Å². The van der Waals surface area contributed by atoms with Crippen LogP contribution in [0.2, 0.25) is 0 Å². The highest BCUT2D eigenvalue weighted by Gasteiger charge is 1.97. The average Bonchev–Trinajstić information content (AvgIpc) is 2.34. The maximum atomic E-state index is 11.0. The maximum Gasteiger partial charge on any atom is 0.331 e. The number of hydrogen-bond donors (Lipinski definition) is 0. The van der Waals surface area contributed by atoms with Crippen molar-refractivity contribution in [3.8, 4) is 0 Å². The van der Waals surface area contributed by atoms with Gasteiger partial charge in [0.1, 0.15) is 6.61 Å². The van der Waals surface area contributed by atoms with E-state index in [1.165, 1.54) is 7.11 Å². The van der Waals surface area contributed by atoms with Crippen LogP contribution >= 0.6 is 0 Å². The van der Waals surface area contributed by atoms with Crippen LogP contribution in [0.1, 0.15) is 19.3 Å². The molecule has 4 heteroatoms. The van der Waals surface area contributed by atoms with Gasteiger partial charge in [0.05, 0.1) is 7.11 Å². The molecule has 4 nitrogen and oxygen atoms in total. The SMILES string of the molecule is C=CCCC/C=C/COC(=O)/C=C\C(=O)OC. The van der Waals surface area contributed by atoms with E-state index in [1.807, 2.05) is 12.2 Å². The van der Waals surface area contributed by atoms with Crippen molar-refractivity contribution in [1.82, 2.24) is 0 Å². The molecule has 0 aliphatic heterocycles. The summed E-state index contributed by atoms with van der Waals surface area (Å²) in [7, 11) is 1.24. The summed E-state index contributed by atoms with van der Waals surface area (Å²) in [5.74, 6) is -1.15. The molecule has 0 bridgehead atoms. The van der Waals surface area contributed by atoms with Crippen LogP contribution in [-0.2, 0) is 19.1 Å². The fraction of sp³-hybridized carbons (Fsp3) is 0.385. The molecule has 0 saturated carbocycles. The normalized spacial score (nSPS) is 10.6. The highest BCUT2D eigenvalue weighted by atomic mass is 16.5. The third-order valence-electron chi connectivity index (χ3n) is 1.82. The van der Waals surface area contributed by atoms with Crippen LogP contribution in [0, 0.1) is 0 Å². The Morgan fingerprint density at radius 2 is 1.82 bits per heavy atom. The Morgan fingerprint density at radius 3 is 2.47 bits per heavy atom. The molecule has 17 heavy (non-hydrogen) atoms. The zero-order valence-corrected chi connectivity index (χ0v) is 10.1. The van der Waals surface area contributed by atoms with Crippen molar-refractivity contribution in [3.63, 3.8) is 0 Å². The van der Waals surface area contributed by atoms with Crippen LogP contribution in [0.25, 0.3) is 0 Å². The van der Waals surface area contributed by atoms with Crippen LogP contribution in [0.4, 0.5) is 0 Å². The summed E-state index contributed by atoms with van der Waals surface area (Å²) in [5, 5.41) is 0. The third-order valence-corrected chi connectivity index (χ3v) is 1.82. The molecule has 0 saturated heterocycles. The summed E-state index contributed by atoms with van der Waals surface area (Å²) in [6.45, 7) is 3.83. The molecule has 0 amide bonds. The van der Waals surface area contributed by atoms with E-state index in [0.717, 1.165) is 31.4 Å². The lowest BCUT2D eigenvalue weighted by Gasteiger charge is -1.96. The highest BCUT2D eigenvalue weighted by molar-refractivity contribution is 5.91. The van der Waals surface area contributed by atoms with Crippen molar-refractivity contribution >= 4 is 11.9 Å². The Balaban J connectivity index is 3.60. The van der Waals surface area contributed by atoms with E-state index in [4.69, 9.17) is 4.74 Å². The van der Waals surface area contributed by atoms with Gasteiger partial charge in [-0.3, -0.25) is 0 Å². The van der Waals surface area contributed by atoms with Gasteiger partial charge in [-0.25, -0.2) is 9.59 Å². The first-order chi connectivity index (χ1) is 8.20. The van der Waals surface area contributed by atoms with Gasteiger partial charge in [-0.05, 0) is 19.3 Å². The van der Waals surface area contributed by atoms with Crippen molar-refractivity contribution in [1.29, 1.82) is 0 Å². The predicted octanol–water partition coefficient (Wildman–Crippen LogP) is 2.17. The van der Waals surface area contributed by atoms with E-state index in [0.29, 0.717) is 0 Å². The lowest BCUT2D eigenvalue weighted by Crippen LogP contribution is -2.02. The minimum absolute atomic E-state index is 0.207. The molecule has 0 aromatic carbocycles. The number of methoxy groups -OCH3 is 1. The Labute approximate surface area is 102 Å². The Hall–Kier alpha value is -1.84. The van der Waals surface area contributed by atoms with Gasteiger partial charge in [0, 0.05) is 12.2 Å². The Kier molecular flexibility index (Phi) is 9.52. The fourth-order valence-electron chi connectivity index (χ4n) is 0.948. The van der Waals surface area contributed by atoms with Crippen molar-refractivity contribution < 1.29 is 19.1 Å². The summed E-state index contributed by atoms with van der Waals surface area (Å²) in [5.41, 5.74) is 0. The largest absolute Gasteiger partial charge is 0.466 e. The molecule has 94 valence electrons. The maximum absolute atomic E-state index is 11.0. The van der Waals surface area contributed by atoms with Gasteiger partial charge < -0.3 is 9.47 Å². The lowest BCUT2D eigenvalue weighted by atomic mass is 10.2. The summed E-state index contributed by atoms with van der Waals surface area (Å²) in [6, 6.07) is 0. The number of carbonyl (C=O) groups excluding carboxylic acids is 2. The van der Waals surface area contributed by atoms with Gasteiger partial charge in [-0.1, -0.05) is 18.2 Å². The second kappa shape index (κ2) is 10.7. The first-order valence-electron chi connectivity index (χ1n) is 5.39. The summed E-state index contributed by atoms with van der Waals surface area (Å²) in [4.78, 5) is 21.7. The molecule has 0 unspecified atom stereocenters. The van der Waals surface area contributed by atoms with Gasteiger partial charge in [-0.15, -0.1) is 6.58 Å². The highest BCUT2D eigenvalue weighted by Crippen LogP contribution is 1.96. The van der Waals surface area contributed by atoms with Crippen LogP contribution in [0.15, 0.2) is 37.0 Å². The van der Waals surface area contributed by atoms with Crippen LogP contribution < -0.4 is 0 Å². The molecule has 0 aromatic heterocycles. The topological polar surface area (TPSA) is 52.6 Å². The molecule has 0 radical (unpaired) electrons. The quantitative estimate of drug-likeness (QED) is 0.281. The van der Waals surface area contributed by atoms with E-state index in [1.54, 1.807) is 6.08 Å². The monoisotopic (exact) mass is 238 g/mol. The van der Waals surface area contributed by atoms with E-state index in [9.17, 15) is 9.59 Å². The second-order valence-corrected chi connectivity index (χ2v) is 3.18. The first kappa shape index (κ1) is 15.2. The molecule has 0 N–H and O–H groups in total. The fourth-order valence-corrected chi connectivity index (χ4v) is 0.948. The third kappa shape index (κ3) is 10.4. The first-order valence-corrected chi connectivity index (χ1v) is 5.39. The standard InChI is InChI=1S/C13H18O4/c1-3-4-5-6-7-8-11-17-13(15)10-9-12(14)16-2/h3,7-10H,1,4-6,11H2,2H3/b8-7+,10-9-. The van der Waals surface area contributed by atoms with Crippen LogP contribution in [0.5, 0.6) is 0 Å². The minimum atomic E-state index is -0.582. The summed E-state index contributed by atoms with van der Waals surface area (Å²) in [6.07, 6.45) is 10.6. The number of carbonyl (C=O) groups is 2. The molecule has 0 fully saturated rings. The average molecular weight is 238 g/mol. The van der Waals surface area contributed by atoms with Crippen LogP contribution in [-0.4, -0.2) is 25.7 Å². The molecule has 0 rings (SSSR count). The molecule has 0 atom stereocenters. The molecule has 0 aromatic rings. The molecule has 0 heterocycles. The molecular weight excluding hydrogens is 220 g/mol. The van der Waals surface area contributed by atoms with Gasteiger partial charge >= 0.3 is 11.9 Å². The second-order valence-electron chi connectivity index (χ2n) is 3.18. The summed E-state index contributed by atoms with van der Waals surface area (Å²) < 4.78 is 9.13. The Bertz CT molecular complexity index is 303. The number of ether oxygens (including phenoxy) is 2. The van der Waals surface area contributed by atoms with Crippen molar-refractivity contribution in [3.05, 3.63) is 37.0 Å². The predicted molar refractivity (Wildman–Crippen MR) is 65.3 cm³/mol. The van der Waals surface area contributed by atoms with E-state index in [-0.39, 0.29) is 6.61 Å². The zero-order valence-electron chi connectivity index (χ0n) is 10.1. The molecule has 0 aliphatic rings. The number of allylic oxidation sites excluding steroid dienone is 2.